The van der Waals surface area contributed by atoms with Crippen LogP contribution in [0, 0.1) is 5.92 Å². The Morgan fingerprint density at radius 1 is 1.29 bits per heavy atom. The number of carbonyl (C=O) groups excluding carboxylic acids is 2. The van der Waals surface area contributed by atoms with Crippen molar-refractivity contribution in [3.63, 3.8) is 0 Å². The predicted molar refractivity (Wildman–Crippen MR) is 82.1 cm³/mol. The van der Waals surface area contributed by atoms with Gasteiger partial charge in [0.2, 0.25) is 0 Å². The Kier molecular flexibility index (Phi) is 5.97. The standard InChI is InChI=1S/C18H24O3/c1-2-21-18(20)11-10-14-6-5-7-15(12-14)13-16-8-3-4-9-17(16)19/h5-7,12,16H,2-4,8-11,13H2,1H3. The first-order chi connectivity index (χ1) is 10.2. The minimum Gasteiger partial charge on any atom is -0.466 e. The third-order valence-corrected chi connectivity index (χ3v) is 4.08. The number of carbonyl (C=O) groups is 2. The smallest absolute Gasteiger partial charge is 0.306 e. The van der Waals surface area contributed by atoms with Crippen LogP contribution in [0.25, 0.3) is 0 Å². The summed E-state index contributed by atoms with van der Waals surface area (Å²) in [6.45, 7) is 2.25. The van der Waals surface area contributed by atoms with E-state index in [0.29, 0.717) is 25.2 Å². The molecule has 0 amide bonds. The highest BCUT2D eigenvalue weighted by Crippen LogP contribution is 2.24. The molecule has 0 radical (unpaired) electrons. The second-order valence-corrected chi connectivity index (χ2v) is 5.74. The largest absolute Gasteiger partial charge is 0.466 e. The SMILES string of the molecule is CCOC(=O)CCc1cccc(CC2CCCCC2=O)c1. The summed E-state index contributed by atoms with van der Waals surface area (Å²) in [5.41, 5.74) is 2.35. The van der Waals surface area contributed by atoms with Gasteiger partial charge in [0.25, 0.3) is 0 Å². The van der Waals surface area contributed by atoms with Gasteiger partial charge in [-0.25, -0.2) is 0 Å². The zero-order chi connectivity index (χ0) is 15.1. The van der Waals surface area contributed by atoms with Crippen molar-refractivity contribution in [1.29, 1.82) is 0 Å². The van der Waals surface area contributed by atoms with E-state index in [9.17, 15) is 9.59 Å². The number of ketones is 1. The van der Waals surface area contributed by atoms with Crippen molar-refractivity contribution in [2.75, 3.05) is 6.61 Å². The van der Waals surface area contributed by atoms with Gasteiger partial charge in [-0.15, -0.1) is 0 Å². The molecule has 2 rings (SSSR count). The molecule has 1 aromatic carbocycles. The Balaban J connectivity index is 1.91. The molecular formula is C18H24O3. The molecule has 0 bridgehead atoms. The van der Waals surface area contributed by atoms with E-state index in [0.717, 1.165) is 31.2 Å². The predicted octanol–water partition coefficient (Wildman–Crippen LogP) is 3.48. The third kappa shape index (κ3) is 5.00. The van der Waals surface area contributed by atoms with Crippen LogP contribution in [0.2, 0.25) is 0 Å². The number of Topliss-reactive ketones (excluding diaryl/α,β-unsaturated/α-hetero) is 1. The molecule has 0 saturated heterocycles. The van der Waals surface area contributed by atoms with E-state index in [2.05, 4.69) is 12.1 Å². The monoisotopic (exact) mass is 288 g/mol. The molecule has 3 nitrogen and oxygen atoms in total. The van der Waals surface area contributed by atoms with E-state index >= 15 is 0 Å². The molecule has 1 aliphatic carbocycles. The molecule has 0 N–H and O–H groups in total. The topological polar surface area (TPSA) is 43.4 Å². The Bertz CT molecular complexity index is 493. The van der Waals surface area contributed by atoms with Crippen LogP contribution in [-0.4, -0.2) is 18.4 Å². The Hall–Kier alpha value is -1.64. The number of ether oxygens (including phenoxy) is 1. The average molecular weight is 288 g/mol. The summed E-state index contributed by atoms with van der Waals surface area (Å²) < 4.78 is 4.95. The number of aryl methyl sites for hydroxylation is 1. The lowest BCUT2D eigenvalue weighted by atomic mass is 9.83. The van der Waals surface area contributed by atoms with Crippen LogP contribution in [0.4, 0.5) is 0 Å². The van der Waals surface area contributed by atoms with Crippen molar-refractivity contribution >= 4 is 11.8 Å². The highest BCUT2D eigenvalue weighted by atomic mass is 16.5. The van der Waals surface area contributed by atoms with Crippen LogP contribution >= 0.6 is 0 Å². The minimum absolute atomic E-state index is 0.148. The summed E-state index contributed by atoms with van der Waals surface area (Å²) in [5, 5.41) is 0. The number of benzene rings is 1. The molecule has 1 fully saturated rings. The molecule has 0 heterocycles. The molecule has 21 heavy (non-hydrogen) atoms. The maximum atomic E-state index is 11.9. The molecule has 3 heteroatoms. The number of hydrogen-bond acceptors (Lipinski definition) is 3. The van der Waals surface area contributed by atoms with Gasteiger partial charge in [0.15, 0.2) is 0 Å². The molecule has 114 valence electrons. The summed E-state index contributed by atoms with van der Waals surface area (Å²) in [4.78, 5) is 23.3. The van der Waals surface area contributed by atoms with Crippen molar-refractivity contribution in [2.45, 2.75) is 51.9 Å². The van der Waals surface area contributed by atoms with E-state index in [1.807, 2.05) is 19.1 Å². The van der Waals surface area contributed by atoms with E-state index in [1.54, 1.807) is 0 Å². The summed E-state index contributed by atoms with van der Waals surface area (Å²) in [6, 6.07) is 8.26. The molecule has 1 aliphatic rings. The van der Waals surface area contributed by atoms with Crippen LogP contribution in [-0.2, 0) is 27.2 Å². The summed E-state index contributed by atoms with van der Waals surface area (Å²) in [7, 11) is 0. The molecule has 1 unspecified atom stereocenters. The lowest BCUT2D eigenvalue weighted by Gasteiger charge is -2.20. The van der Waals surface area contributed by atoms with E-state index < -0.39 is 0 Å². The van der Waals surface area contributed by atoms with Crippen LogP contribution in [0.15, 0.2) is 24.3 Å². The quantitative estimate of drug-likeness (QED) is 0.753. The molecule has 1 atom stereocenters. The van der Waals surface area contributed by atoms with Crippen molar-refractivity contribution in [3.05, 3.63) is 35.4 Å². The lowest BCUT2D eigenvalue weighted by molar-refractivity contribution is -0.143. The normalized spacial score (nSPS) is 18.5. The number of esters is 1. The van der Waals surface area contributed by atoms with Gasteiger partial charge in [0.1, 0.15) is 5.78 Å². The second kappa shape index (κ2) is 7.96. The first kappa shape index (κ1) is 15.7. The molecule has 0 aliphatic heterocycles. The fourth-order valence-electron chi connectivity index (χ4n) is 2.95. The second-order valence-electron chi connectivity index (χ2n) is 5.74. The Morgan fingerprint density at radius 3 is 2.86 bits per heavy atom. The lowest BCUT2D eigenvalue weighted by Crippen LogP contribution is -2.21. The van der Waals surface area contributed by atoms with Gasteiger partial charge in [-0.2, -0.15) is 0 Å². The van der Waals surface area contributed by atoms with Gasteiger partial charge in [-0.3, -0.25) is 9.59 Å². The summed E-state index contributed by atoms with van der Waals surface area (Å²) in [6.07, 6.45) is 5.93. The summed E-state index contributed by atoms with van der Waals surface area (Å²) in [5.74, 6) is 0.461. The van der Waals surface area contributed by atoms with Crippen molar-refractivity contribution in [3.8, 4) is 0 Å². The summed E-state index contributed by atoms with van der Waals surface area (Å²) >= 11 is 0. The van der Waals surface area contributed by atoms with Crippen molar-refractivity contribution < 1.29 is 14.3 Å². The first-order valence-electron chi connectivity index (χ1n) is 7.95. The molecule has 0 aromatic heterocycles. The van der Waals surface area contributed by atoms with Crippen LogP contribution in [0.3, 0.4) is 0 Å². The maximum Gasteiger partial charge on any atom is 0.306 e. The maximum absolute atomic E-state index is 11.9. The van der Waals surface area contributed by atoms with Gasteiger partial charge in [0.05, 0.1) is 6.61 Å². The zero-order valence-electron chi connectivity index (χ0n) is 12.8. The van der Waals surface area contributed by atoms with Gasteiger partial charge in [-0.1, -0.05) is 30.7 Å². The Morgan fingerprint density at radius 2 is 2.10 bits per heavy atom. The van der Waals surface area contributed by atoms with Crippen LogP contribution < -0.4 is 0 Å². The first-order valence-corrected chi connectivity index (χ1v) is 7.95. The fourth-order valence-corrected chi connectivity index (χ4v) is 2.95. The fraction of sp³-hybridized carbons (Fsp3) is 0.556. The van der Waals surface area contributed by atoms with E-state index in [1.165, 1.54) is 12.0 Å². The van der Waals surface area contributed by atoms with Crippen LogP contribution in [0.1, 0.15) is 50.2 Å². The van der Waals surface area contributed by atoms with Crippen molar-refractivity contribution in [1.82, 2.24) is 0 Å². The highest BCUT2D eigenvalue weighted by Gasteiger charge is 2.22. The van der Waals surface area contributed by atoms with E-state index in [4.69, 9.17) is 4.74 Å². The molecule has 0 spiro atoms. The Labute approximate surface area is 126 Å². The molecular weight excluding hydrogens is 264 g/mol. The third-order valence-electron chi connectivity index (χ3n) is 4.08. The van der Waals surface area contributed by atoms with Crippen LogP contribution in [0.5, 0.6) is 0 Å². The number of hydrogen-bond donors (Lipinski definition) is 0. The van der Waals surface area contributed by atoms with Gasteiger partial charge < -0.3 is 4.74 Å². The van der Waals surface area contributed by atoms with Crippen molar-refractivity contribution in [2.24, 2.45) is 5.92 Å². The van der Waals surface area contributed by atoms with E-state index in [-0.39, 0.29) is 11.9 Å². The highest BCUT2D eigenvalue weighted by molar-refractivity contribution is 5.81. The average Bonchev–Trinajstić information content (AvgIpc) is 2.48. The zero-order valence-corrected chi connectivity index (χ0v) is 12.8. The van der Waals surface area contributed by atoms with Gasteiger partial charge >= 0.3 is 5.97 Å². The number of rotatable bonds is 6. The van der Waals surface area contributed by atoms with Gasteiger partial charge in [0, 0.05) is 18.8 Å². The molecule has 1 saturated carbocycles. The van der Waals surface area contributed by atoms with Gasteiger partial charge in [-0.05, 0) is 43.7 Å². The minimum atomic E-state index is -0.148. The molecule has 1 aromatic rings.